The molecule has 2 aromatic rings. The van der Waals surface area contributed by atoms with Crippen molar-refractivity contribution in [2.45, 2.75) is 46.4 Å². The summed E-state index contributed by atoms with van der Waals surface area (Å²) in [5.74, 6) is 0.0339. The number of aliphatic hydroxyl groups excluding tert-OH is 1. The molecule has 0 aliphatic heterocycles. The molecule has 1 N–H and O–H groups in total. The van der Waals surface area contributed by atoms with E-state index in [1.165, 1.54) is 10.9 Å². The van der Waals surface area contributed by atoms with Crippen LogP contribution in [0.2, 0.25) is 0 Å². The molecule has 1 heterocycles. The maximum atomic E-state index is 12.5. The highest BCUT2D eigenvalue weighted by atomic mass is 16.3. The first-order valence-corrected chi connectivity index (χ1v) is 7.42. The molecule has 2 rings (SSSR count). The van der Waals surface area contributed by atoms with Gasteiger partial charge in [-0.1, -0.05) is 18.2 Å². The summed E-state index contributed by atoms with van der Waals surface area (Å²) in [5, 5.41) is 10.7. The zero-order valence-corrected chi connectivity index (χ0v) is 13.2. The molecule has 0 saturated carbocycles. The molecule has 4 heteroatoms. The lowest BCUT2D eigenvalue weighted by atomic mass is 10.2. The van der Waals surface area contributed by atoms with Crippen molar-refractivity contribution < 1.29 is 9.90 Å². The van der Waals surface area contributed by atoms with Crippen LogP contribution < -0.4 is 0 Å². The number of carbonyl (C=O) groups is 1. The zero-order chi connectivity index (χ0) is 15.6. The highest BCUT2D eigenvalue weighted by Gasteiger charge is 2.19. The third-order valence-electron chi connectivity index (χ3n) is 3.70. The Labute approximate surface area is 126 Å². The Hall–Kier alpha value is -1.81. The number of hydrogen-bond acceptors (Lipinski definition) is 2. The number of fused-ring (bicyclic) bond motifs is 1. The van der Waals surface area contributed by atoms with Gasteiger partial charge in [0.25, 0.3) is 0 Å². The third kappa shape index (κ3) is 3.45. The van der Waals surface area contributed by atoms with E-state index in [2.05, 4.69) is 13.0 Å². The van der Waals surface area contributed by atoms with Gasteiger partial charge >= 0.3 is 0 Å². The summed E-state index contributed by atoms with van der Waals surface area (Å²) in [6.45, 7) is 8.38. The molecule has 21 heavy (non-hydrogen) atoms. The molecule has 1 aromatic heterocycles. The topological polar surface area (TPSA) is 45.5 Å². The number of amides is 1. The second-order valence-corrected chi connectivity index (χ2v) is 5.95. The minimum absolute atomic E-state index is 0.0339. The maximum absolute atomic E-state index is 12.5. The van der Waals surface area contributed by atoms with Gasteiger partial charge in [0.1, 0.15) is 6.54 Å². The molecule has 1 amide bonds. The van der Waals surface area contributed by atoms with E-state index in [1.54, 1.807) is 11.8 Å². The van der Waals surface area contributed by atoms with E-state index in [1.807, 2.05) is 42.8 Å². The lowest BCUT2D eigenvalue weighted by Crippen LogP contribution is -2.42. The molecule has 114 valence electrons. The molecule has 1 atom stereocenters. The number of carbonyl (C=O) groups excluding carboxylic acids is 1. The Bertz CT molecular complexity index is 629. The number of aliphatic hydroxyl groups is 1. The Balaban J connectivity index is 2.24. The Morgan fingerprint density at radius 2 is 1.95 bits per heavy atom. The first-order chi connectivity index (χ1) is 9.90. The second-order valence-electron chi connectivity index (χ2n) is 5.95. The average Bonchev–Trinajstić information content (AvgIpc) is 2.73. The first-order valence-electron chi connectivity index (χ1n) is 7.42. The predicted octanol–water partition coefficient (Wildman–Crippen LogP) is 2.57. The molecule has 0 radical (unpaired) electrons. The van der Waals surface area contributed by atoms with Crippen molar-refractivity contribution in [1.82, 2.24) is 9.47 Å². The van der Waals surface area contributed by atoms with Gasteiger partial charge in [0.2, 0.25) is 5.91 Å². The van der Waals surface area contributed by atoms with Crippen LogP contribution in [0, 0.1) is 6.92 Å². The van der Waals surface area contributed by atoms with E-state index in [9.17, 15) is 9.90 Å². The van der Waals surface area contributed by atoms with Crippen molar-refractivity contribution in [3.05, 3.63) is 36.0 Å². The number of hydrogen-bond donors (Lipinski definition) is 1. The van der Waals surface area contributed by atoms with Crippen LogP contribution in [0.25, 0.3) is 10.9 Å². The fourth-order valence-electron chi connectivity index (χ4n) is 2.68. The van der Waals surface area contributed by atoms with Gasteiger partial charge in [-0.15, -0.1) is 0 Å². The van der Waals surface area contributed by atoms with Gasteiger partial charge in [0.15, 0.2) is 0 Å². The van der Waals surface area contributed by atoms with Gasteiger partial charge < -0.3 is 14.6 Å². The Morgan fingerprint density at radius 1 is 1.29 bits per heavy atom. The molecule has 4 nitrogen and oxygen atoms in total. The van der Waals surface area contributed by atoms with E-state index in [4.69, 9.17) is 0 Å². The monoisotopic (exact) mass is 288 g/mol. The van der Waals surface area contributed by atoms with Crippen molar-refractivity contribution in [1.29, 1.82) is 0 Å². The van der Waals surface area contributed by atoms with Crippen LogP contribution in [-0.2, 0) is 11.3 Å². The summed E-state index contributed by atoms with van der Waals surface area (Å²) >= 11 is 0. The fourth-order valence-corrected chi connectivity index (χ4v) is 2.68. The van der Waals surface area contributed by atoms with E-state index >= 15 is 0 Å². The number of aromatic nitrogens is 1. The van der Waals surface area contributed by atoms with Crippen molar-refractivity contribution in [3.63, 3.8) is 0 Å². The molecule has 0 aliphatic carbocycles. The summed E-state index contributed by atoms with van der Waals surface area (Å²) in [6, 6.07) is 8.18. The molecule has 1 unspecified atom stereocenters. The first kappa shape index (κ1) is 15.6. The normalized spacial score (nSPS) is 12.9. The lowest BCUT2D eigenvalue weighted by Gasteiger charge is -2.28. The van der Waals surface area contributed by atoms with Crippen molar-refractivity contribution in [3.8, 4) is 0 Å². The van der Waals surface area contributed by atoms with E-state index in [0.29, 0.717) is 13.1 Å². The van der Waals surface area contributed by atoms with Crippen LogP contribution >= 0.6 is 0 Å². The Kier molecular flexibility index (Phi) is 4.68. The standard InChI is InChI=1S/C17H24N2O2/c1-12(2)19(10-14(4)20)17(21)11-18-9-13(3)15-7-5-6-8-16(15)18/h5-9,12,14,20H,10-11H2,1-4H3. The summed E-state index contributed by atoms with van der Waals surface area (Å²) in [5.41, 5.74) is 2.24. The summed E-state index contributed by atoms with van der Waals surface area (Å²) in [4.78, 5) is 14.3. The van der Waals surface area contributed by atoms with Crippen LogP contribution in [0.1, 0.15) is 26.3 Å². The van der Waals surface area contributed by atoms with E-state index in [0.717, 1.165) is 5.52 Å². The SMILES string of the molecule is Cc1cn(CC(=O)N(CC(C)O)C(C)C)c2ccccc12. The van der Waals surface area contributed by atoms with E-state index in [-0.39, 0.29) is 11.9 Å². The second kappa shape index (κ2) is 6.31. The van der Waals surface area contributed by atoms with Crippen LogP contribution in [0.5, 0.6) is 0 Å². The van der Waals surface area contributed by atoms with Gasteiger partial charge in [-0.25, -0.2) is 0 Å². The van der Waals surface area contributed by atoms with Crippen molar-refractivity contribution >= 4 is 16.8 Å². The molecule has 1 aromatic carbocycles. The van der Waals surface area contributed by atoms with Gasteiger partial charge in [0.05, 0.1) is 6.10 Å². The molecular formula is C17H24N2O2. The average molecular weight is 288 g/mol. The third-order valence-corrected chi connectivity index (χ3v) is 3.70. The maximum Gasteiger partial charge on any atom is 0.242 e. The summed E-state index contributed by atoms with van der Waals surface area (Å²) in [6.07, 6.45) is 1.50. The van der Waals surface area contributed by atoms with Crippen molar-refractivity contribution in [2.24, 2.45) is 0 Å². The predicted molar refractivity (Wildman–Crippen MR) is 85.2 cm³/mol. The molecule has 0 saturated heterocycles. The molecule has 0 bridgehead atoms. The van der Waals surface area contributed by atoms with Crippen LogP contribution in [0.3, 0.4) is 0 Å². The van der Waals surface area contributed by atoms with Crippen LogP contribution in [-0.4, -0.2) is 39.2 Å². The minimum Gasteiger partial charge on any atom is -0.392 e. The molecule has 0 fully saturated rings. The van der Waals surface area contributed by atoms with Crippen LogP contribution in [0.15, 0.2) is 30.5 Å². The number of aryl methyl sites for hydroxylation is 1. The zero-order valence-electron chi connectivity index (χ0n) is 13.2. The van der Waals surface area contributed by atoms with Gasteiger partial charge in [0, 0.05) is 29.7 Å². The summed E-state index contributed by atoms with van der Waals surface area (Å²) in [7, 11) is 0. The largest absolute Gasteiger partial charge is 0.392 e. The van der Waals surface area contributed by atoms with E-state index < -0.39 is 6.10 Å². The fraction of sp³-hybridized carbons (Fsp3) is 0.471. The number of rotatable bonds is 5. The Morgan fingerprint density at radius 3 is 2.57 bits per heavy atom. The highest BCUT2D eigenvalue weighted by molar-refractivity contribution is 5.86. The summed E-state index contributed by atoms with van der Waals surface area (Å²) < 4.78 is 1.99. The molecule has 0 spiro atoms. The number of benzene rings is 1. The van der Waals surface area contributed by atoms with Crippen molar-refractivity contribution in [2.75, 3.05) is 6.54 Å². The van der Waals surface area contributed by atoms with Gasteiger partial charge in [-0.3, -0.25) is 4.79 Å². The molecule has 0 aliphatic rings. The smallest absolute Gasteiger partial charge is 0.242 e. The van der Waals surface area contributed by atoms with Gasteiger partial charge in [-0.05, 0) is 39.3 Å². The number of para-hydroxylation sites is 1. The quantitative estimate of drug-likeness (QED) is 0.919. The van der Waals surface area contributed by atoms with Crippen LogP contribution in [0.4, 0.5) is 0 Å². The lowest BCUT2D eigenvalue weighted by molar-refractivity contribution is -0.134. The minimum atomic E-state index is -0.514. The number of nitrogens with zero attached hydrogens (tertiary/aromatic N) is 2. The van der Waals surface area contributed by atoms with Gasteiger partial charge in [-0.2, -0.15) is 0 Å². The highest BCUT2D eigenvalue weighted by Crippen LogP contribution is 2.20. The molecular weight excluding hydrogens is 264 g/mol.